The lowest BCUT2D eigenvalue weighted by Crippen LogP contribution is -2.41. The van der Waals surface area contributed by atoms with Gasteiger partial charge in [0, 0.05) is 32.7 Å². The third-order valence-corrected chi connectivity index (χ3v) is 4.43. The summed E-state index contributed by atoms with van der Waals surface area (Å²) in [6.07, 6.45) is 8.48. The molecule has 4 heteroatoms. The van der Waals surface area contributed by atoms with Crippen molar-refractivity contribution in [3.8, 4) is 0 Å². The van der Waals surface area contributed by atoms with E-state index in [9.17, 15) is 4.79 Å². The molecule has 1 N–H and O–H groups in total. The van der Waals surface area contributed by atoms with E-state index in [4.69, 9.17) is 4.74 Å². The van der Waals surface area contributed by atoms with Crippen LogP contribution in [0.1, 0.15) is 44.9 Å². The Balaban J connectivity index is 1.60. The number of carbonyl (C=O) groups excluding carboxylic acids is 1. The molecule has 0 aromatic rings. The molecular formula is C15H28N2O2. The molecule has 2 aliphatic rings. The van der Waals surface area contributed by atoms with Crippen molar-refractivity contribution in [3.63, 3.8) is 0 Å². The van der Waals surface area contributed by atoms with E-state index in [2.05, 4.69) is 5.32 Å². The van der Waals surface area contributed by atoms with Crippen LogP contribution in [0.4, 0.5) is 0 Å². The second kappa shape index (κ2) is 7.85. The molecule has 2 fully saturated rings. The quantitative estimate of drug-likeness (QED) is 0.798. The SMILES string of the molecule is CNCCC(=O)N1CCC(OCC2CCCC2)CC1. The predicted molar refractivity (Wildman–Crippen MR) is 76.1 cm³/mol. The van der Waals surface area contributed by atoms with Crippen LogP contribution >= 0.6 is 0 Å². The maximum Gasteiger partial charge on any atom is 0.223 e. The van der Waals surface area contributed by atoms with Gasteiger partial charge in [-0.1, -0.05) is 12.8 Å². The van der Waals surface area contributed by atoms with Crippen molar-refractivity contribution in [3.05, 3.63) is 0 Å². The molecule has 4 nitrogen and oxygen atoms in total. The van der Waals surface area contributed by atoms with Crippen molar-refractivity contribution in [2.75, 3.05) is 33.3 Å². The number of likely N-dealkylation sites (tertiary alicyclic amines) is 1. The van der Waals surface area contributed by atoms with Crippen LogP contribution in [0.3, 0.4) is 0 Å². The molecule has 19 heavy (non-hydrogen) atoms. The Bertz CT molecular complexity index is 269. The van der Waals surface area contributed by atoms with Crippen molar-refractivity contribution in [2.24, 2.45) is 5.92 Å². The monoisotopic (exact) mass is 268 g/mol. The first-order chi connectivity index (χ1) is 9.29. The van der Waals surface area contributed by atoms with Crippen molar-refractivity contribution < 1.29 is 9.53 Å². The minimum atomic E-state index is 0.281. The first-order valence-corrected chi connectivity index (χ1v) is 7.83. The number of amides is 1. The van der Waals surface area contributed by atoms with E-state index < -0.39 is 0 Å². The van der Waals surface area contributed by atoms with E-state index in [0.29, 0.717) is 12.5 Å². The van der Waals surface area contributed by atoms with Gasteiger partial charge in [-0.15, -0.1) is 0 Å². The van der Waals surface area contributed by atoms with Gasteiger partial charge in [0.05, 0.1) is 6.10 Å². The molecule has 1 saturated carbocycles. The molecule has 0 bridgehead atoms. The minimum Gasteiger partial charge on any atom is -0.378 e. The van der Waals surface area contributed by atoms with Gasteiger partial charge >= 0.3 is 0 Å². The van der Waals surface area contributed by atoms with Gasteiger partial charge in [-0.25, -0.2) is 0 Å². The second-order valence-electron chi connectivity index (χ2n) is 5.92. The zero-order valence-electron chi connectivity index (χ0n) is 12.2. The highest BCUT2D eigenvalue weighted by molar-refractivity contribution is 5.76. The topological polar surface area (TPSA) is 41.6 Å². The summed E-state index contributed by atoms with van der Waals surface area (Å²) in [5.74, 6) is 1.08. The average Bonchev–Trinajstić information content (AvgIpc) is 2.96. The van der Waals surface area contributed by atoms with Crippen LogP contribution in [0.25, 0.3) is 0 Å². The summed E-state index contributed by atoms with van der Waals surface area (Å²) in [6, 6.07) is 0. The Labute approximate surface area is 116 Å². The van der Waals surface area contributed by atoms with Crippen molar-refractivity contribution in [1.29, 1.82) is 0 Å². The van der Waals surface area contributed by atoms with Crippen LogP contribution in [0.15, 0.2) is 0 Å². The van der Waals surface area contributed by atoms with Gasteiger partial charge in [0.2, 0.25) is 5.91 Å². The summed E-state index contributed by atoms with van der Waals surface area (Å²) in [5, 5.41) is 3.03. The lowest BCUT2D eigenvalue weighted by Gasteiger charge is -2.32. The molecule has 0 aromatic carbocycles. The highest BCUT2D eigenvalue weighted by Crippen LogP contribution is 2.26. The first kappa shape index (κ1) is 14.8. The Morgan fingerprint density at radius 2 is 1.89 bits per heavy atom. The third-order valence-electron chi connectivity index (χ3n) is 4.43. The summed E-state index contributed by atoms with van der Waals surface area (Å²) in [7, 11) is 1.89. The molecule has 1 aliphatic carbocycles. The molecule has 0 aromatic heterocycles. The number of rotatable bonds is 6. The summed E-state index contributed by atoms with van der Waals surface area (Å²) in [6.45, 7) is 3.46. The fraction of sp³-hybridized carbons (Fsp3) is 0.933. The van der Waals surface area contributed by atoms with Gasteiger partial charge < -0.3 is 15.0 Å². The largest absolute Gasteiger partial charge is 0.378 e. The Morgan fingerprint density at radius 3 is 2.53 bits per heavy atom. The summed E-state index contributed by atoms with van der Waals surface area (Å²) in [5.41, 5.74) is 0. The van der Waals surface area contributed by atoms with Gasteiger partial charge in [0.25, 0.3) is 0 Å². The number of hydrogen-bond donors (Lipinski definition) is 1. The standard InChI is InChI=1S/C15H28N2O2/c1-16-9-6-15(18)17-10-7-14(8-11-17)19-12-13-4-2-3-5-13/h13-14,16H,2-12H2,1H3. The molecule has 2 rings (SSSR count). The van der Waals surface area contributed by atoms with Gasteiger partial charge in [-0.3, -0.25) is 4.79 Å². The normalized spacial score (nSPS) is 22.1. The van der Waals surface area contributed by atoms with Crippen molar-refractivity contribution in [1.82, 2.24) is 10.2 Å². The van der Waals surface area contributed by atoms with E-state index in [1.807, 2.05) is 11.9 Å². The Hall–Kier alpha value is -0.610. The molecule has 110 valence electrons. The number of ether oxygens (including phenoxy) is 1. The Kier molecular flexibility index (Phi) is 6.11. The molecule has 1 saturated heterocycles. The molecule has 0 radical (unpaired) electrons. The first-order valence-electron chi connectivity index (χ1n) is 7.83. The fourth-order valence-electron chi connectivity index (χ4n) is 3.11. The van der Waals surface area contributed by atoms with Crippen molar-refractivity contribution in [2.45, 2.75) is 51.0 Å². The summed E-state index contributed by atoms with van der Waals surface area (Å²) in [4.78, 5) is 13.9. The lowest BCUT2D eigenvalue weighted by molar-refractivity contribution is -0.133. The van der Waals surface area contributed by atoms with Crippen LogP contribution in [0.5, 0.6) is 0 Å². The molecule has 0 atom stereocenters. The van der Waals surface area contributed by atoms with Gasteiger partial charge in [-0.2, -0.15) is 0 Å². The molecule has 1 amide bonds. The predicted octanol–water partition coefficient (Wildman–Crippen LogP) is 1.79. The molecular weight excluding hydrogens is 240 g/mol. The highest BCUT2D eigenvalue weighted by Gasteiger charge is 2.24. The third kappa shape index (κ3) is 4.77. The second-order valence-corrected chi connectivity index (χ2v) is 5.92. The van der Waals surface area contributed by atoms with Gasteiger partial charge in [0.15, 0.2) is 0 Å². The van der Waals surface area contributed by atoms with E-state index >= 15 is 0 Å². The fourth-order valence-corrected chi connectivity index (χ4v) is 3.11. The molecule has 1 heterocycles. The van der Waals surface area contributed by atoms with Crippen LogP contribution in [0, 0.1) is 5.92 Å². The highest BCUT2D eigenvalue weighted by atomic mass is 16.5. The van der Waals surface area contributed by atoms with E-state index in [1.54, 1.807) is 0 Å². The number of hydrogen-bond acceptors (Lipinski definition) is 3. The molecule has 1 aliphatic heterocycles. The van der Waals surface area contributed by atoms with Crippen molar-refractivity contribution >= 4 is 5.91 Å². The van der Waals surface area contributed by atoms with Crippen LogP contribution in [-0.4, -0.2) is 50.2 Å². The van der Waals surface area contributed by atoms with Crippen LogP contribution in [-0.2, 0) is 9.53 Å². The van der Waals surface area contributed by atoms with Crippen LogP contribution < -0.4 is 5.32 Å². The summed E-state index contributed by atoms with van der Waals surface area (Å²) < 4.78 is 6.03. The summed E-state index contributed by atoms with van der Waals surface area (Å²) >= 11 is 0. The number of carbonyl (C=O) groups is 1. The number of nitrogens with one attached hydrogen (secondary N) is 1. The molecule has 0 spiro atoms. The minimum absolute atomic E-state index is 0.281. The zero-order valence-corrected chi connectivity index (χ0v) is 12.2. The van der Waals surface area contributed by atoms with E-state index in [-0.39, 0.29) is 5.91 Å². The maximum atomic E-state index is 11.9. The number of piperidine rings is 1. The van der Waals surface area contributed by atoms with Gasteiger partial charge in [0.1, 0.15) is 0 Å². The zero-order chi connectivity index (χ0) is 13.5. The number of nitrogens with zero attached hydrogens (tertiary/aromatic N) is 1. The molecule has 0 unspecified atom stereocenters. The maximum absolute atomic E-state index is 11.9. The van der Waals surface area contributed by atoms with Crippen LogP contribution in [0.2, 0.25) is 0 Å². The van der Waals surface area contributed by atoms with E-state index in [1.165, 1.54) is 25.7 Å². The smallest absolute Gasteiger partial charge is 0.223 e. The lowest BCUT2D eigenvalue weighted by atomic mass is 10.1. The Morgan fingerprint density at radius 1 is 1.21 bits per heavy atom. The van der Waals surface area contributed by atoms with E-state index in [0.717, 1.165) is 45.0 Å². The average molecular weight is 268 g/mol. The van der Waals surface area contributed by atoms with Gasteiger partial charge in [-0.05, 0) is 38.6 Å².